The second-order valence-electron chi connectivity index (χ2n) is 3.50. The van der Waals surface area contributed by atoms with Crippen molar-refractivity contribution in [1.82, 2.24) is 9.97 Å². The maximum Gasteiger partial charge on any atom is 0.272 e. The number of carbonyl (C=O) groups excluding carboxylic acids is 1. The van der Waals surface area contributed by atoms with Crippen LogP contribution in [0.5, 0.6) is 0 Å². The van der Waals surface area contributed by atoms with Gasteiger partial charge in [-0.25, -0.2) is 9.97 Å². The quantitative estimate of drug-likeness (QED) is 0.456. The normalized spacial score (nSPS) is 11.4. The molecule has 1 aromatic heterocycles. The fourth-order valence-corrected chi connectivity index (χ4v) is 1.24. The van der Waals surface area contributed by atoms with Gasteiger partial charge in [-0.3, -0.25) is 10.1 Å². The van der Waals surface area contributed by atoms with Crippen LogP contribution >= 0.6 is 0 Å². The third kappa shape index (κ3) is 3.28. The standard InChI is InChI=1S/C11H12N4O2/c1-6-4-7(2)14-11(13-6)15-10(17)9(5-12)8(3)16/h4,16H,1-3H3,(H,13,14,15,17). The largest absolute Gasteiger partial charge is 0.511 e. The van der Waals surface area contributed by atoms with Crippen molar-refractivity contribution < 1.29 is 9.90 Å². The summed E-state index contributed by atoms with van der Waals surface area (Å²) in [5, 5.41) is 20.2. The molecule has 6 heteroatoms. The summed E-state index contributed by atoms with van der Waals surface area (Å²) in [6.07, 6.45) is 0. The highest BCUT2D eigenvalue weighted by atomic mass is 16.3. The van der Waals surface area contributed by atoms with Gasteiger partial charge in [-0.05, 0) is 26.8 Å². The van der Waals surface area contributed by atoms with Gasteiger partial charge in [0.05, 0.1) is 0 Å². The van der Waals surface area contributed by atoms with Crippen LogP contribution in [-0.4, -0.2) is 21.0 Å². The van der Waals surface area contributed by atoms with Gasteiger partial charge < -0.3 is 5.11 Å². The maximum absolute atomic E-state index is 11.6. The first-order valence-electron chi connectivity index (χ1n) is 4.87. The molecule has 0 aliphatic rings. The first-order chi connectivity index (χ1) is 7.93. The third-order valence-electron chi connectivity index (χ3n) is 1.91. The van der Waals surface area contributed by atoms with E-state index < -0.39 is 5.91 Å². The Morgan fingerprint density at radius 1 is 1.41 bits per heavy atom. The molecule has 17 heavy (non-hydrogen) atoms. The number of hydrogen-bond acceptors (Lipinski definition) is 5. The van der Waals surface area contributed by atoms with E-state index in [1.165, 1.54) is 6.92 Å². The van der Waals surface area contributed by atoms with E-state index in [9.17, 15) is 4.79 Å². The minimum absolute atomic E-state index is 0.113. The second kappa shape index (κ2) is 5.07. The highest BCUT2D eigenvalue weighted by molar-refractivity contribution is 6.05. The lowest BCUT2D eigenvalue weighted by molar-refractivity contribution is -0.112. The number of anilines is 1. The molecule has 0 aliphatic carbocycles. The van der Waals surface area contributed by atoms with Gasteiger partial charge in [0.15, 0.2) is 5.57 Å². The molecule has 0 fully saturated rings. The summed E-state index contributed by atoms with van der Waals surface area (Å²) in [4.78, 5) is 19.6. The van der Waals surface area contributed by atoms with E-state index in [-0.39, 0.29) is 17.3 Å². The zero-order valence-electron chi connectivity index (χ0n) is 9.77. The van der Waals surface area contributed by atoms with Crippen LogP contribution in [0.15, 0.2) is 17.4 Å². The molecule has 0 spiro atoms. The third-order valence-corrected chi connectivity index (χ3v) is 1.91. The number of hydrogen-bond donors (Lipinski definition) is 2. The first-order valence-corrected chi connectivity index (χ1v) is 4.87. The lowest BCUT2D eigenvalue weighted by Gasteiger charge is -2.04. The van der Waals surface area contributed by atoms with Gasteiger partial charge in [-0.1, -0.05) is 0 Å². The van der Waals surface area contributed by atoms with Gasteiger partial charge in [0.1, 0.15) is 11.8 Å². The molecule has 1 amide bonds. The van der Waals surface area contributed by atoms with Crippen molar-refractivity contribution in [1.29, 1.82) is 5.26 Å². The molecule has 1 heterocycles. The number of nitriles is 1. The van der Waals surface area contributed by atoms with Crippen molar-refractivity contribution in [2.24, 2.45) is 0 Å². The molecule has 0 radical (unpaired) electrons. The average molecular weight is 232 g/mol. The monoisotopic (exact) mass is 232 g/mol. The van der Waals surface area contributed by atoms with Gasteiger partial charge in [-0.2, -0.15) is 5.26 Å². The SMILES string of the molecule is CC(O)=C(C#N)C(=O)Nc1nc(C)cc(C)n1. The fourth-order valence-electron chi connectivity index (χ4n) is 1.24. The minimum atomic E-state index is -0.725. The number of aliphatic hydroxyl groups excluding tert-OH is 1. The average Bonchev–Trinajstić information content (AvgIpc) is 2.15. The molecule has 1 rings (SSSR count). The van der Waals surface area contributed by atoms with E-state index in [2.05, 4.69) is 15.3 Å². The predicted molar refractivity (Wildman–Crippen MR) is 61.1 cm³/mol. The Balaban J connectivity index is 2.97. The highest BCUT2D eigenvalue weighted by Crippen LogP contribution is 2.07. The second-order valence-corrected chi connectivity index (χ2v) is 3.50. The van der Waals surface area contributed by atoms with Crippen LogP contribution in [0.2, 0.25) is 0 Å². The Hall–Kier alpha value is -2.42. The predicted octanol–water partition coefficient (Wildman–Crippen LogP) is 1.39. The van der Waals surface area contributed by atoms with Crippen LogP contribution in [-0.2, 0) is 4.79 Å². The van der Waals surface area contributed by atoms with E-state index in [4.69, 9.17) is 10.4 Å². The molecular formula is C11H12N4O2. The zero-order chi connectivity index (χ0) is 13.0. The number of allylic oxidation sites excluding steroid dienone is 1. The fraction of sp³-hybridized carbons (Fsp3) is 0.273. The smallest absolute Gasteiger partial charge is 0.272 e. The van der Waals surface area contributed by atoms with Crippen molar-refractivity contribution in [3.05, 3.63) is 28.8 Å². The number of carbonyl (C=O) groups is 1. The van der Waals surface area contributed by atoms with Crippen molar-refractivity contribution in [2.45, 2.75) is 20.8 Å². The van der Waals surface area contributed by atoms with Crippen LogP contribution in [0.25, 0.3) is 0 Å². The number of rotatable bonds is 2. The van der Waals surface area contributed by atoms with Gasteiger partial charge in [0.2, 0.25) is 5.95 Å². The van der Waals surface area contributed by atoms with Gasteiger partial charge in [0.25, 0.3) is 5.91 Å². The summed E-state index contributed by atoms with van der Waals surface area (Å²) in [5.74, 6) is -0.951. The van der Waals surface area contributed by atoms with E-state index in [0.29, 0.717) is 11.4 Å². The first kappa shape index (κ1) is 12.6. The molecular weight excluding hydrogens is 220 g/mol. The molecule has 0 aromatic carbocycles. The molecule has 0 saturated carbocycles. The van der Waals surface area contributed by atoms with E-state index >= 15 is 0 Å². The number of amides is 1. The minimum Gasteiger partial charge on any atom is -0.511 e. The number of nitrogens with one attached hydrogen (secondary N) is 1. The Kier molecular flexibility index (Phi) is 3.78. The molecule has 0 atom stereocenters. The topological polar surface area (TPSA) is 98.9 Å². The molecule has 2 N–H and O–H groups in total. The summed E-state index contributed by atoms with van der Waals surface area (Å²) in [6, 6.07) is 3.37. The summed E-state index contributed by atoms with van der Waals surface area (Å²) < 4.78 is 0. The molecule has 0 saturated heterocycles. The molecule has 1 aromatic rings. The van der Waals surface area contributed by atoms with Gasteiger partial charge in [0, 0.05) is 11.4 Å². The van der Waals surface area contributed by atoms with Crippen LogP contribution in [0.1, 0.15) is 18.3 Å². The van der Waals surface area contributed by atoms with Crippen LogP contribution < -0.4 is 5.32 Å². The van der Waals surface area contributed by atoms with Crippen molar-refractivity contribution in [2.75, 3.05) is 5.32 Å². The number of aryl methyl sites for hydroxylation is 2. The highest BCUT2D eigenvalue weighted by Gasteiger charge is 2.14. The van der Waals surface area contributed by atoms with Gasteiger partial charge in [-0.15, -0.1) is 0 Å². The molecule has 0 aliphatic heterocycles. The van der Waals surface area contributed by atoms with Gasteiger partial charge >= 0.3 is 0 Å². The number of aliphatic hydroxyl groups is 1. The van der Waals surface area contributed by atoms with E-state index in [1.807, 2.05) is 0 Å². The maximum atomic E-state index is 11.6. The Morgan fingerprint density at radius 2 is 1.94 bits per heavy atom. The van der Waals surface area contributed by atoms with Crippen molar-refractivity contribution in [3.8, 4) is 6.07 Å². The number of nitrogens with zero attached hydrogens (tertiary/aromatic N) is 3. The van der Waals surface area contributed by atoms with Crippen LogP contribution in [0.3, 0.4) is 0 Å². The summed E-state index contributed by atoms with van der Waals surface area (Å²) in [5.41, 5.74) is 1.06. The van der Waals surface area contributed by atoms with Crippen molar-refractivity contribution in [3.63, 3.8) is 0 Å². The van der Waals surface area contributed by atoms with Crippen LogP contribution in [0.4, 0.5) is 5.95 Å². The molecule has 88 valence electrons. The van der Waals surface area contributed by atoms with E-state index in [0.717, 1.165) is 0 Å². The lowest BCUT2D eigenvalue weighted by Crippen LogP contribution is -2.17. The molecule has 0 bridgehead atoms. The number of aromatic nitrogens is 2. The Morgan fingerprint density at radius 3 is 2.35 bits per heavy atom. The molecule has 6 nitrogen and oxygen atoms in total. The lowest BCUT2D eigenvalue weighted by atomic mass is 10.2. The molecule has 0 unspecified atom stereocenters. The Bertz CT molecular complexity index is 505. The summed E-state index contributed by atoms with van der Waals surface area (Å²) in [6.45, 7) is 4.80. The van der Waals surface area contributed by atoms with E-state index in [1.54, 1.807) is 26.0 Å². The summed E-state index contributed by atoms with van der Waals surface area (Å²) >= 11 is 0. The zero-order valence-corrected chi connectivity index (χ0v) is 9.77. The van der Waals surface area contributed by atoms with Crippen LogP contribution in [0, 0.1) is 25.2 Å². The van der Waals surface area contributed by atoms with Crippen molar-refractivity contribution >= 4 is 11.9 Å². The summed E-state index contributed by atoms with van der Waals surface area (Å²) in [7, 11) is 0. The Labute approximate surface area is 98.6 Å².